The zero-order chi connectivity index (χ0) is 10.2. The highest BCUT2D eigenvalue weighted by atomic mass is 127. The Morgan fingerprint density at radius 3 is 2.21 bits per heavy atom. The molecule has 0 heterocycles. The number of benzene rings is 1. The fourth-order valence-electron chi connectivity index (χ4n) is 1.53. The number of hydrogen-bond donors (Lipinski definition) is 0. The molecule has 0 fully saturated rings. The van der Waals surface area contributed by atoms with Crippen LogP contribution in [0.25, 0.3) is 0 Å². The van der Waals surface area contributed by atoms with Crippen molar-refractivity contribution < 1.29 is 0 Å². The van der Waals surface area contributed by atoms with E-state index in [2.05, 4.69) is 53.8 Å². The Bertz CT molecular complexity index is 238. The van der Waals surface area contributed by atoms with Gasteiger partial charge < -0.3 is 0 Å². The molecule has 1 aromatic rings. The van der Waals surface area contributed by atoms with E-state index >= 15 is 0 Å². The van der Waals surface area contributed by atoms with E-state index < -0.39 is 0 Å². The van der Waals surface area contributed by atoms with Gasteiger partial charge in [0.2, 0.25) is 0 Å². The van der Waals surface area contributed by atoms with Gasteiger partial charge in [-0.2, -0.15) is 0 Å². The highest BCUT2D eigenvalue weighted by Crippen LogP contribution is 2.09. The first-order valence-electron chi connectivity index (χ1n) is 5.44. The lowest BCUT2D eigenvalue weighted by atomic mass is 10.1. The largest absolute Gasteiger partial charge is 0.0864 e. The van der Waals surface area contributed by atoms with E-state index in [1.54, 1.807) is 0 Å². The maximum atomic E-state index is 2.45. The molecular weight excluding hydrogens is 283 g/mol. The van der Waals surface area contributed by atoms with E-state index in [0.29, 0.717) is 0 Å². The smallest absolute Gasteiger partial charge is 0.000473 e. The molecule has 0 aliphatic carbocycles. The van der Waals surface area contributed by atoms with Crippen molar-refractivity contribution in [2.75, 3.05) is 4.43 Å². The maximum Gasteiger partial charge on any atom is -0.000473 e. The summed E-state index contributed by atoms with van der Waals surface area (Å²) in [5.74, 6) is 0. The summed E-state index contributed by atoms with van der Waals surface area (Å²) in [5, 5.41) is 0. The van der Waals surface area contributed by atoms with Crippen LogP contribution in [-0.4, -0.2) is 4.43 Å². The molecule has 1 heteroatoms. The average Bonchev–Trinajstić information content (AvgIpc) is 2.21. The molecule has 0 atom stereocenters. The van der Waals surface area contributed by atoms with Gasteiger partial charge >= 0.3 is 0 Å². The quantitative estimate of drug-likeness (QED) is 0.411. The Morgan fingerprint density at radius 2 is 1.57 bits per heavy atom. The molecule has 0 aliphatic heterocycles. The molecule has 0 saturated heterocycles. The molecule has 0 amide bonds. The molecule has 1 aromatic carbocycles. The number of hydrogen-bond acceptors (Lipinski definition) is 0. The van der Waals surface area contributed by atoms with Crippen LogP contribution in [0.1, 0.15) is 36.8 Å². The van der Waals surface area contributed by atoms with Gasteiger partial charge in [0.25, 0.3) is 0 Å². The first-order valence-corrected chi connectivity index (χ1v) is 6.97. The number of unbranched alkanes of at least 4 members (excludes halogenated alkanes) is 3. The third-order valence-electron chi connectivity index (χ3n) is 2.47. The van der Waals surface area contributed by atoms with Crippen molar-refractivity contribution in [2.24, 2.45) is 0 Å². The fraction of sp³-hybridized carbons (Fsp3) is 0.538. The summed E-state index contributed by atoms with van der Waals surface area (Å²) in [5.41, 5.74) is 2.85. The highest BCUT2D eigenvalue weighted by Gasteiger charge is 1.93. The Labute approximate surface area is 101 Å². The Kier molecular flexibility index (Phi) is 6.24. The molecule has 14 heavy (non-hydrogen) atoms. The van der Waals surface area contributed by atoms with Crippen molar-refractivity contribution in [2.45, 2.75) is 39.0 Å². The lowest BCUT2D eigenvalue weighted by molar-refractivity contribution is 0.673. The first-order chi connectivity index (χ1) is 6.83. The third-order valence-corrected chi connectivity index (χ3v) is 3.23. The van der Waals surface area contributed by atoms with Crippen molar-refractivity contribution in [1.29, 1.82) is 0 Å². The second-order valence-electron chi connectivity index (χ2n) is 3.84. The summed E-state index contributed by atoms with van der Waals surface area (Å²) < 4.78 is 1.31. The van der Waals surface area contributed by atoms with Gasteiger partial charge in [-0.1, -0.05) is 65.3 Å². The molecule has 0 radical (unpaired) electrons. The second kappa shape index (κ2) is 7.27. The molecule has 0 aromatic heterocycles. The minimum absolute atomic E-state index is 1.25. The molecule has 0 saturated carbocycles. The van der Waals surface area contributed by atoms with E-state index in [1.165, 1.54) is 47.7 Å². The molecule has 1 rings (SSSR count). The molecule has 0 bridgehead atoms. The number of alkyl halides is 1. The maximum absolute atomic E-state index is 2.45. The normalized spacial score (nSPS) is 10.4. The summed E-state index contributed by atoms with van der Waals surface area (Å²) in [4.78, 5) is 0. The van der Waals surface area contributed by atoms with Crippen LogP contribution in [0, 0.1) is 6.92 Å². The van der Waals surface area contributed by atoms with Gasteiger partial charge in [-0.25, -0.2) is 0 Å². The van der Waals surface area contributed by atoms with E-state index in [0.717, 1.165) is 0 Å². The molecule has 0 unspecified atom stereocenters. The fourth-order valence-corrected chi connectivity index (χ4v) is 2.07. The first kappa shape index (κ1) is 12.0. The van der Waals surface area contributed by atoms with Crippen LogP contribution in [0.4, 0.5) is 0 Å². The predicted octanol–water partition coefficient (Wildman–Crippen LogP) is 4.53. The molecule has 0 N–H and O–H groups in total. The summed E-state index contributed by atoms with van der Waals surface area (Å²) in [6, 6.07) is 8.93. The predicted molar refractivity (Wildman–Crippen MR) is 72.2 cm³/mol. The Morgan fingerprint density at radius 1 is 0.929 bits per heavy atom. The number of rotatable bonds is 6. The molecule has 0 aliphatic rings. The Balaban J connectivity index is 2.15. The van der Waals surface area contributed by atoms with E-state index in [4.69, 9.17) is 0 Å². The second-order valence-corrected chi connectivity index (χ2v) is 4.92. The molecule has 78 valence electrons. The van der Waals surface area contributed by atoms with Gasteiger partial charge in [0, 0.05) is 0 Å². The van der Waals surface area contributed by atoms with Gasteiger partial charge in [-0.05, 0) is 36.2 Å². The zero-order valence-corrected chi connectivity index (χ0v) is 11.1. The van der Waals surface area contributed by atoms with Gasteiger partial charge in [0.05, 0.1) is 0 Å². The molecule has 0 spiro atoms. The summed E-state index contributed by atoms with van der Waals surface area (Å²) in [7, 11) is 0. The molecular formula is C13H19I. The van der Waals surface area contributed by atoms with E-state index in [-0.39, 0.29) is 0 Å². The van der Waals surface area contributed by atoms with E-state index in [9.17, 15) is 0 Å². The summed E-state index contributed by atoms with van der Waals surface area (Å²) in [6.45, 7) is 2.14. The minimum Gasteiger partial charge on any atom is -0.0864 e. The zero-order valence-electron chi connectivity index (χ0n) is 8.93. The van der Waals surface area contributed by atoms with Crippen LogP contribution in [0.2, 0.25) is 0 Å². The van der Waals surface area contributed by atoms with Crippen LogP contribution < -0.4 is 0 Å². The van der Waals surface area contributed by atoms with Gasteiger partial charge in [0.15, 0.2) is 0 Å². The van der Waals surface area contributed by atoms with Crippen LogP contribution >= 0.6 is 22.6 Å². The minimum atomic E-state index is 1.25. The monoisotopic (exact) mass is 302 g/mol. The lowest BCUT2D eigenvalue weighted by Gasteiger charge is -2.01. The molecule has 0 nitrogen and oxygen atoms in total. The standard InChI is InChI=1S/C13H19I/c1-12-7-9-13(10-8-12)6-4-2-3-5-11-14/h7-10H,2-6,11H2,1H3. The van der Waals surface area contributed by atoms with Gasteiger partial charge in [0.1, 0.15) is 0 Å². The van der Waals surface area contributed by atoms with Crippen molar-refractivity contribution in [3.8, 4) is 0 Å². The van der Waals surface area contributed by atoms with Crippen LogP contribution in [-0.2, 0) is 6.42 Å². The van der Waals surface area contributed by atoms with E-state index in [1.807, 2.05) is 0 Å². The van der Waals surface area contributed by atoms with Gasteiger partial charge in [-0.3, -0.25) is 0 Å². The average molecular weight is 302 g/mol. The SMILES string of the molecule is Cc1ccc(CCCCCCI)cc1. The van der Waals surface area contributed by atoms with Crippen LogP contribution in [0.3, 0.4) is 0 Å². The number of aryl methyl sites for hydroxylation is 2. The highest BCUT2D eigenvalue weighted by molar-refractivity contribution is 14.1. The van der Waals surface area contributed by atoms with Gasteiger partial charge in [-0.15, -0.1) is 0 Å². The lowest BCUT2D eigenvalue weighted by Crippen LogP contribution is -1.86. The van der Waals surface area contributed by atoms with Crippen molar-refractivity contribution in [1.82, 2.24) is 0 Å². The topological polar surface area (TPSA) is 0 Å². The van der Waals surface area contributed by atoms with Crippen molar-refractivity contribution in [3.63, 3.8) is 0 Å². The van der Waals surface area contributed by atoms with Crippen molar-refractivity contribution >= 4 is 22.6 Å². The van der Waals surface area contributed by atoms with Crippen molar-refractivity contribution in [3.05, 3.63) is 35.4 Å². The van der Waals surface area contributed by atoms with Crippen LogP contribution in [0.15, 0.2) is 24.3 Å². The Hall–Kier alpha value is -0.0500. The third kappa shape index (κ3) is 4.99. The van der Waals surface area contributed by atoms with Crippen LogP contribution in [0.5, 0.6) is 0 Å². The summed E-state index contributed by atoms with van der Waals surface area (Å²) >= 11 is 2.45. The number of halogens is 1. The summed E-state index contributed by atoms with van der Waals surface area (Å²) in [6.07, 6.45) is 6.77.